The number of anilines is 1. The van der Waals surface area contributed by atoms with Crippen molar-refractivity contribution in [3.05, 3.63) is 53.2 Å². The van der Waals surface area contributed by atoms with Crippen molar-refractivity contribution in [1.29, 1.82) is 0 Å². The van der Waals surface area contributed by atoms with E-state index in [4.69, 9.17) is 9.47 Å². The number of aliphatic hydroxyl groups excluding tert-OH is 1. The minimum absolute atomic E-state index is 0.0246. The maximum Gasteiger partial charge on any atom is 0.417 e. The molecule has 0 saturated carbocycles. The zero-order valence-corrected chi connectivity index (χ0v) is 22.1. The Labute approximate surface area is 221 Å². The molecule has 0 spiro atoms. The number of alkyl halides is 3. The van der Waals surface area contributed by atoms with Crippen LogP contribution in [0.25, 0.3) is 0 Å². The summed E-state index contributed by atoms with van der Waals surface area (Å²) in [5, 5.41) is 9.71. The van der Waals surface area contributed by atoms with Crippen LogP contribution in [-0.2, 0) is 17.3 Å². The number of aromatic nitrogens is 1. The Morgan fingerprint density at radius 3 is 2.42 bits per heavy atom. The summed E-state index contributed by atoms with van der Waals surface area (Å²) < 4.78 is 49.7. The summed E-state index contributed by atoms with van der Waals surface area (Å²) in [7, 11) is 0. The fourth-order valence-electron chi connectivity index (χ4n) is 5.04. The van der Waals surface area contributed by atoms with Crippen molar-refractivity contribution in [1.82, 2.24) is 9.88 Å². The molecule has 1 amide bonds. The van der Waals surface area contributed by atoms with E-state index in [0.717, 1.165) is 42.9 Å². The lowest BCUT2D eigenvalue weighted by atomic mass is 9.88. The zero-order valence-electron chi connectivity index (χ0n) is 22.1. The normalized spacial score (nSPS) is 19.1. The topological polar surface area (TPSA) is 75.1 Å². The molecule has 1 N–H and O–H groups in total. The SMILES string of the molecule is CC(C)(C)OC(=O)N1CCC(c2ccc(N3CC[C@H](Oc4ccc(C(F)(F)F)cn4)C3)c(CCO)c2)CC1. The molecule has 1 aromatic heterocycles. The molecule has 1 atom stereocenters. The summed E-state index contributed by atoms with van der Waals surface area (Å²) in [5.74, 6) is 0.495. The third-order valence-corrected chi connectivity index (χ3v) is 6.94. The zero-order chi connectivity index (χ0) is 27.5. The molecule has 2 fully saturated rings. The molecular formula is C28H36F3N3O4. The van der Waals surface area contributed by atoms with Gasteiger partial charge in [-0.15, -0.1) is 0 Å². The van der Waals surface area contributed by atoms with Crippen LogP contribution >= 0.6 is 0 Å². The van der Waals surface area contributed by atoms with Gasteiger partial charge < -0.3 is 24.4 Å². The Bertz CT molecular complexity index is 1090. The molecule has 2 aromatic rings. The maximum absolute atomic E-state index is 12.8. The third-order valence-electron chi connectivity index (χ3n) is 6.94. The molecule has 2 aliphatic rings. The predicted octanol–water partition coefficient (Wildman–Crippen LogP) is 5.41. The largest absolute Gasteiger partial charge is 0.472 e. The Balaban J connectivity index is 1.37. The second-order valence-corrected chi connectivity index (χ2v) is 11.0. The number of benzene rings is 1. The molecule has 38 heavy (non-hydrogen) atoms. The van der Waals surface area contributed by atoms with Crippen LogP contribution in [0.15, 0.2) is 36.5 Å². The summed E-state index contributed by atoms with van der Waals surface area (Å²) in [4.78, 5) is 20.2. The van der Waals surface area contributed by atoms with Gasteiger partial charge in [0.05, 0.1) is 12.1 Å². The fourth-order valence-corrected chi connectivity index (χ4v) is 5.04. The molecule has 3 heterocycles. The van der Waals surface area contributed by atoms with Crippen molar-refractivity contribution in [2.45, 2.75) is 70.3 Å². The van der Waals surface area contributed by atoms with Crippen LogP contribution < -0.4 is 9.64 Å². The molecule has 2 aliphatic heterocycles. The van der Waals surface area contributed by atoms with Crippen molar-refractivity contribution in [3.8, 4) is 5.88 Å². The first kappa shape index (κ1) is 28.0. The van der Waals surface area contributed by atoms with E-state index >= 15 is 0 Å². The molecule has 4 rings (SSSR count). The highest BCUT2D eigenvalue weighted by Gasteiger charge is 2.32. The summed E-state index contributed by atoms with van der Waals surface area (Å²) in [6, 6.07) is 8.59. The predicted molar refractivity (Wildman–Crippen MR) is 137 cm³/mol. The number of nitrogens with zero attached hydrogens (tertiary/aromatic N) is 3. The number of ether oxygens (including phenoxy) is 2. The lowest BCUT2D eigenvalue weighted by Crippen LogP contribution is -2.41. The lowest BCUT2D eigenvalue weighted by Gasteiger charge is -2.34. The van der Waals surface area contributed by atoms with Crippen molar-refractivity contribution < 1.29 is 32.5 Å². The van der Waals surface area contributed by atoms with Gasteiger partial charge in [-0.1, -0.05) is 12.1 Å². The highest BCUT2D eigenvalue weighted by atomic mass is 19.4. The van der Waals surface area contributed by atoms with Gasteiger partial charge in [0.2, 0.25) is 5.88 Å². The minimum atomic E-state index is -4.43. The average Bonchev–Trinajstić information content (AvgIpc) is 3.31. The minimum Gasteiger partial charge on any atom is -0.472 e. The van der Waals surface area contributed by atoms with Crippen LogP contribution in [0, 0.1) is 0 Å². The number of pyridine rings is 1. The molecule has 0 aliphatic carbocycles. The molecule has 208 valence electrons. The van der Waals surface area contributed by atoms with Crippen LogP contribution in [0.1, 0.15) is 62.6 Å². The molecule has 1 aromatic carbocycles. The van der Waals surface area contributed by atoms with Gasteiger partial charge in [0.1, 0.15) is 11.7 Å². The Kier molecular flexibility index (Phi) is 8.40. The number of amides is 1. The van der Waals surface area contributed by atoms with Gasteiger partial charge in [0, 0.05) is 50.6 Å². The van der Waals surface area contributed by atoms with Crippen molar-refractivity contribution >= 4 is 11.8 Å². The number of rotatable bonds is 6. The van der Waals surface area contributed by atoms with Gasteiger partial charge in [-0.25, -0.2) is 9.78 Å². The molecule has 0 radical (unpaired) electrons. The second kappa shape index (κ2) is 11.4. The molecule has 10 heteroatoms. The number of halogens is 3. The van der Waals surface area contributed by atoms with E-state index in [1.165, 1.54) is 11.6 Å². The number of hydrogen-bond donors (Lipinski definition) is 1. The van der Waals surface area contributed by atoms with Crippen LogP contribution in [0.5, 0.6) is 5.88 Å². The van der Waals surface area contributed by atoms with Gasteiger partial charge in [0.25, 0.3) is 0 Å². The number of hydrogen-bond acceptors (Lipinski definition) is 6. The first-order valence-electron chi connectivity index (χ1n) is 13.1. The van der Waals surface area contributed by atoms with E-state index in [1.807, 2.05) is 20.8 Å². The van der Waals surface area contributed by atoms with Gasteiger partial charge in [-0.3, -0.25) is 0 Å². The Morgan fingerprint density at radius 1 is 1.08 bits per heavy atom. The number of aliphatic hydroxyl groups is 1. The fraction of sp³-hybridized carbons (Fsp3) is 0.571. The highest BCUT2D eigenvalue weighted by molar-refractivity contribution is 5.68. The molecule has 0 unspecified atom stereocenters. The number of likely N-dealkylation sites (tertiary alicyclic amines) is 1. The molecule has 0 bridgehead atoms. The van der Waals surface area contributed by atoms with Crippen molar-refractivity contribution in [2.75, 3.05) is 37.7 Å². The smallest absolute Gasteiger partial charge is 0.417 e. The Hall–Kier alpha value is -3.01. The highest BCUT2D eigenvalue weighted by Crippen LogP contribution is 2.34. The van der Waals surface area contributed by atoms with Crippen LogP contribution in [-0.4, -0.2) is 65.6 Å². The maximum atomic E-state index is 12.8. The first-order chi connectivity index (χ1) is 17.9. The van der Waals surface area contributed by atoms with Gasteiger partial charge >= 0.3 is 12.3 Å². The van der Waals surface area contributed by atoms with Crippen LogP contribution in [0.3, 0.4) is 0 Å². The van der Waals surface area contributed by atoms with E-state index in [9.17, 15) is 23.1 Å². The second-order valence-electron chi connectivity index (χ2n) is 11.0. The standard InChI is InChI=1S/C28H36F3N3O4/c1-27(2,3)38-26(36)33-12-8-19(9-13-33)20-4-6-24(21(16-20)11-15-35)34-14-10-23(18-34)37-25-7-5-22(17-32-25)28(29,30)31/h4-7,16-17,19,23,35H,8-15,18H2,1-3H3/t23-/m0/s1. The summed E-state index contributed by atoms with van der Waals surface area (Å²) in [6.07, 6.45) is -1.19. The van der Waals surface area contributed by atoms with Gasteiger partial charge in [-0.05, 0) is 69.2 Å². The molecule has 2 saturated heterocycles. The van der Waals surface area contributed by atoms with E-state index < -0.39 is 17.3 Å². The summed E-state index contributed by atoms with van der Waals surface area (Å²) >= 11 is 0. The molecular weight excluding hydrogens is 499 g/mol. The van der Waals surface area contributed by atoms with Gasteiger partial charge in [0.15, 0.2) is 0 Å². The lowest BCUT2D eigenvalue weighted by molar-refractivity contribution is -0.137. The van der Waals surface area contributed by atoms with E-state index in [0.29, 0.717) is 38.4 Å². The number of piperidine rings is 1. The average molecular weight is 536 g/mol. The Morgan fingerprint density at radius 2 is 1.82 bits per heavy atom. The quantitative estimate of drug-likeness (QED) is 0.534. The van der Waals surface area contributed by atoms with Crippen LogP contribution in [0.4, 0.5) is 23.7 Å². The van der Waals surface area contributed by atoms with Crippen molar-refractivity contribution in [3.63, 3.8) is 0 Å². The first-order valence-corrected chi connectivity index (χ1v) is 13.1. The van der Waals surface area contributed by atoms with Crippen molar-refractivity contribution in [2.24, 2.45) is 0 Å². The van der Waals surface area contributed by atoms with Gasteiger partial charge in [-0.2, -0.15) is 13.2 Å². The molecule has 7 nitrogen and oxygen atoms in total. The van der Waals surface area contributed by atoms with E-state index in [1.54, 1.807) is 4.90 Å². The summed E-state index contributed by atoms with van der Waals surface area (Å²) in [5.41, 5.74) is 1.95. The van der Waals surface area contributed by atoms with Crippen LogP contribution in [0.2, 0.25) is 0 Å². The number of carbonyl (C=O) groups excluding carboxylic acids is 1. The van der Waals surface area contributed by atoms with E-state index in [2.05, 4.69) is 28.1 Å². The number of carbonyl (C=O) groups is 1. The van der Waals surface area contributed by atoms with E-state index in [-0.39, 0.29) is 24.7 Å². The monoisotopic (exact) mass is 535 g/mol. The third kappa shape index (κ3) is 7.09. The summed E-state index contributed by atoms with van der Waals surface area (Å²) in [6.45, 7) is 8.20.